The zero-order valence-corrected chi connectivity index (χ0v) is 10.1. The molecule has 0 saturated heterocycles. The average Bonchev–Trinajstić information content (AvgIpc) is 2.93. The fourth-order valence-corrected chi connectivity index (χ4v) is 2.02. The Morgan fingerprint density at radius 3 is 2.83 bits per heavy atom. The van der Waals surface area contributed by atoms with Gasteiger partial charge >= 0.3 is 0 Å². The van der Waals surface area contributed by atoms with Gasteiger partial charge in [0.05, 0.1) is 6.04 Å². The van der Waals surface area contributed by atoms with Crippen molar-refractivity contribution in [3.63, 3.8) is 0 Å². The van der Waals surface area contributed by atoms with Crippen LogP contribution < -0.4 is 5.32 Å². The highest BCUT2D eigenvalue weighted by molar-refractivity contribution is 5.91. The summed E-state index contributed by atoms with van der Waals surface area (Å²) in [6.07, 6.45) is 5.40. The molecule has 0 aliphatic heterocycles. The second kappa shape index (κ2) is 4.49. The highest BCUT2D eigenvalue weighted by Gasteiger charge is 2.09. The molecule has 18 heavy (non-hydrogen) atoms. The summed E-state index contributed by atoms with van der Waals surface area (Å²) in [6, 6.07) is 10.3. The Balaban J connectivity index is 1.95. The highest BCUT2D eigenvalue weighted by Crippen LogP contribution is 2.23. The van der Waals surface area contributed by atoms with Crippen molar-refractivity contribution in [3.8, 4) is 0 Å². The summed E-state index contributed by atoms with van der Waals surface area (Å²) in [5.74, 6) is 1.79. The van der Waals surface area contributed by atoms with Crippen molar-refractivity contribution in [2.75, 3.05) is 5.32 Å². The van der Waals surface area contributed by atoms with Crippen LogP contribution in [0.5, 0.6) is 0 Å². The number of benzene rings is 1. The largest absolute Gasteiger partial charge is 0.360 e. The molecule has 90 valence electrons. The van der Waals surface area contributed by atoms with E-state index in [1.54, 1.807) is 6.20 Å². The van der Waals surface area contributed by atoms with Crippen LogP contribution in [-0.2, 0) is 0 Å². The predicted octanol–water partition coefficient (Wildman–Crippen LogP) is 3.13. The third-order valence-corrected chi connectivity index (χ3v) is 2.96. The van der Waals surface area contributed by atoms with E-state index in [0.717, 1.165) is 17.0 Å². The van der Waals surface area contributed by atoms with Crippen LogP contribution in [0.25, 0.3) is 10.8 Å². The van der Waals surface area contributed by atoms with Crippen LogP contribution in [0.1, 0.15) is 18.8 Å². The fraction of sp³-hybridized carbons (Fsp3) is 0.143. The lowest BCUT2D eigenvalue weighted by Crippen LogP contribution is -2.09. The summed E-state index contributed by atoms with van der Waals surface area (Å²) in [5, 5.41) is 5.69. The molecule has 3 rings (SSSR count). The van der Waals surface area contributed by atoms with E-state index in [1.165, 1.54) is 5.39 Å². The predicted molar refractivity (Wildman–Crippen MR) is 72.4 cm³/mol. The number of nitrogens with zero attached hydrogens (tertiary/aromatic N) is 2. The zero-order valence-electron chi connectivity index (χ0n) is 10.1. The molecule has 0 amide bonds. The van der Waals surface area contributed by atoms with Gasteiger partial charge in [0, 0.05) is 24.0 Å². The number of H-pyrrole nitrogens is 1. The van der Waals surface area contributed by atoms with Crippen molar-refractivity contribution in [2.45, 2.75) is 13.0 Å². The SMILES string of the molecule is CC(Nc1nccc2ccccc12)c1ncc[nH]1. The Hall–Kier alpha value is -2.36. The molecule has 0 saturated carbocycles. The van der Waals surface area contributed by atoms with E-state index in [-0.39, 0.29) is 6.04 Å². The number of aromatic nitrogens is 3. The van der Waals surface area contributed by atoms with Crippen LogP contribution in [0, 0.1) is 0 Å². The van der Waals surface area contributed by atoms with Crippen molar-refractivity contribution in [2.24, 2.45) is 0 Å². The lowest BCUT2D eigenvalue weighted by molar-refractivity contribution is 0.806. The van der Waals surface area contributed by atoms with Gasteiger partial charge in [0.2, 0.25) is 0 Å². The zero-order chi connectivity index (χ0) is 12.4. The first-order valence-corrected chi connectivity index (χ1v) is 5.94. The molecular formula is C14H14N4. The second-order valence-corrected chi connectivity index (χ2v) is 4.22. The van der Waals surface area contributed by atoms with Crippen LogP contribution in [-0.4, -0.2) is 15.0 Å². The van der Waals surface area contributed by atoms with Gasteiger partial charge < -0.3 is 10.3 Å². The van der Waals surface area contributed by atoms with Crippen molar-refractivity contribution in [1.29, 1.82) is 0 Å². The van der Waals surface area contributed by atoms with Crippen LogP contribution in [0.3, 0.4) is 0 Å². The van der Waals surface area contributed by atoms with E-state index in [9.17, 15) is 0 Å². The third kappa shape index (κ3) is 1.93. The van der Waals surface area contributed by atoms with Crippen molar-refractivity contribution in [1.82, 2.24) is 15.0 Å². The Morgan fingerprint density at radius 2 is 2.00 bits per heavy atom. The number of imidazole rings is 1. The molecule has 1 unspecified atom stereocenters. The molecule has 2 N–H and O–H groups in total. The number of fused-ring (bicyclic) bond motifs is 1. The molecule has 3 aromatic rings. The van der Waals surface area contributed by atoms with Gasteiger partial charge in [-0.25, -0.2) is 9.97 Å². The molecular weight excluding hydrogens is 224 g/mol. The number of hydrogen-bond acceptors (Lipinski definition) is 3. The third-order valence-electron chi connectivity index (χ3n) is 2.96. The molecule has 0 aliphatic carbocycles. The molecule has 0 fully saturated rings. The van der Waals surface area contributed by atoms with Crippen molar-refractivity contribution < 1.29 is 0 Å². The first-order valence-electron chi connectivity index (χ1n) is 5.94. The molecule has 1 atom stereocenters. The molecule has 0 bridgehead atoms. The number of rotatable bonds is 3. The lowest BCUT2D eigenvalue weighted by atomic mass is 10.1. The standard InChI is InChI=1S/C14H14N4/c1-10(13-16-8-9-17-13)18-14-12-5-3-2-4-11(12)6-7-15-14/h2-10H,1H3,(H,15,18)(H,16,17). The maximum Gasteiger partial charge on any atom is 0.134 e. The molecule has 0 spiro atoms. The Morgan fingerprint density at radius 1 is 1.11 bits per heavy atom. The molecule has 1 aromatic carbocycles. The summed E-state index contributed by atoms with van der Waals surface area (Å²) < 4.78 is 0. The van der Waals surface area contributed by atoms with Gasteiger partial charge in [-0.15, -0.1) is 0 Å². The van der Waals surface area contributed by atoms with Gasteiger partial charge in [-0.1, -0.05) is 24.3 Å². The minimum Gasteiger partial charge on any atom is -0.360 e. The first kappa shape index (κ1) is 10.8. The second-order valence-electron chi connectivity index (χ2n) is 4.22. The minimum absolute atomic E-state index is 0.0957. The maximum atomic E-state index is 4.40. The summed E-state index contributed by atoms with van der Waals surface area (Å²) >= 11 is 0. The van der Waals surface area contributed by atoms with Gasteiger partial charge in [0.1, 0.15) is 11.6 Å². The average molecular weight is 238 g/mol. The van der Waals surface area contributed by atoms with Gasteiger partial charge in [-0.05, 0) is 18.4 Å². The monoisotopic (exact) mass is 238 g/mol. The normalized spacial score (nSPS) is 12.5. The summed E-state index contributed by atoms with van der Waals surface area (Å²) in [4.78, 5) is 11.8. The van der Waals surface area contributed by atoms with Crippen molar-refractivity contribution in [3.05, 3.63) is 54.7 Å². The number of hydrogen-bond donors (Lipinski definition) is 2. The van der Waals surface area contributed by atoms with E-state index in [1.807, 2.05) is 30.6 Å². The van der Waals surface area contributed by atoms with Crippen molar-refractivity contribution >= 4 is 16.6 Å². The number of anilines is 1. The van der Waals surface area contributed by atoms with Gasteiger partial charge in [-0.2, -0.15) is 0 Å². The summed E-state index contributed by atoms with van der Waals surface area (Å²) in [7, 11) is 0. The quantitative estimate of drug-likeness (QED) is 0.737. The van der Waals surface area contributed by atoms with Gasteiger partial charge in [0.15, 0.2) is 0 Å². The Bertz CT molecular complexity index is 640. The summed E-state index contributed by atoms with van der Waals surface area (Å²) in [5.41, 5.74) is 0. The van der Waals surface area contributed by atoms with E-state index < -0.39 is 0 Å². The molecule has 2 heterocycles. The van der Waals surface area contributed by atoms with E-state index in [4.69, 9.17) is 0 Å². The minimum atomic E-state index is 0.0957. The van der Waals surface area contributed by atoms with Gasteiger partial charge in [-0.3, -0.25) is 0 Å². The fourth-order valence-electron chi connectivity index (χ4n) is 2.02. The number of aromatic amines is 1. The molecule has 4 nitrogen and oxygen atoms in total. The number of pyridine rings is 1. The smallest absolute Gasteiger partial charge is 0.134 e. The van der Waals surface area contributed by atoms with Gasteiger partial charge in [0.25, 0.3) is 0 Å². The molecule has 4 heteroatoms. The van der Waals surface area contributed by atoms with E-state index >= 15 is 0 Å². The molecule has 2 aromatic heterocycles. The van der Waals surface area contributed by atoms with Crippen LogP contribution >= 0.6 is 0 Å². The van der Waals surface area contributed by atoms with Crippen LogP contribution in [0.15, 0.2) is 48.9 Å². The topological polar surface area (TPSA) is 53.6 Å². The van der Waals surface area contributed by atoms with E-state index in [0.29, 0.717) is 0 Å². The maximum absolute atomic E-state index is 4.40. The Labute approximate surface area is 105 Å². The number of nitrogens with one attached hydrogen (secondary N) is 2. The summed E-state index contributed by atoms with van der Waals surface area (Å²) in [6.45, 7) is 2.06. The van der Waals surface area contributed by atoms with Crippen LogP contribution in [0.4, 0.5) is 5.82 Å². The Kier molecular flexibility index (Phi) is 2.68. The highest BCUT2D eigenvalue weighted by atomic mass is 15.1. The van der Waals surface area contributed by atoms with Crippen LogP contribution in [0.2, 0.25) is 0 Å². The lowest BCUT2D eigenvalue weighted by Gasteiger charge is -2.13. The first-order chi connectivity index (χ1) is 8.84. The molecule has 0 radical (unpaired) electrons. The molecule has 0 aliphatic rings. The van der Waals surface area contributed by atoms with E-state index in [2.05, 4.69) is 39.3 Å².